The fraction of sp³-hybridized carbons (Fsp3) is 0.400. The lowest BCUT2D eigenvalue weighted by Crippen LogP contribution is -2.10. The van der Waals surface area contributed by atoms with Crippen LogP contribution < -0.4 is 0 Å². The standard InChI is InChI=1S/C10H12F/c1-10(2,3)8-4-6-9(11)7-5-8/h4,6-7H,1-3H3. The lowest BCUT2D eigenvalue weighted by molar-refractivity contribution is 0.581. The van der Waals surface area contributed by atoms with E-state index in [9.17, 15) is 4.39 Å². The molecular weight excluding hydrogens is 139 g/mol. The smallest absolute Gasteiger partial charge is 0.123 e. The molecule has 0 spiro atoms. The van der Waals surface area contributed by atoms with Crippen LogP contribution in [0.2, 0.25) is 0 Å². The first-order valence-electron chi connectivity index (χ1n) is 3.68. The van der Waals surface area contributed by atoms with Gasteiger partial charge in [-0.15, -0.1) is 0 Å². The molecule has 0 bridgehead atoms. The minimum Gasteiger partial charge on any atom is -0.207 e. The van der Waals surface area contributed by atoms with Crippen LogP contribution in [0.15, 0.2) is 18.2 Å². The van der Waals surface area contributed by atoms with Crippen LogP contribution in [0.25, 0.3) is 0 Å². The second-order valence-electron chi connectivity index (χ2n) is 3.67. The molecule has 0 saturated heterocycles. The summed E-state index contributed by atoms with van der Waals surface area (Å²) in [6, 6.07) is 7.52. The van der Waals surface area contributed by atoms with Gasteiger partial charge in [0, 0.05) is 0 Å². The fourth-order valence-electron chi connectivity index (χ4n) is 0.872. The van der Waals surface area contributed by atoms with E-state index >= 15 is 0 Å². The third-order valence-electron chi connectivity index (χ3n) is 1.58. The van der Waals surface area contributed by atoms with Gasteiger partial charge in [-0.05, 0) is 29.2 Å². The molecule has 0 N–H and O–H groups in total. The minimum atomic E-state index is -0.224. The fourth-order valence-corrected chi connectivity index (χ4v) is 0.872. The molecule has 0 aromatic heterocycles. The van der Waals surface area contributed by atoms with Crippen molar-refractivity contribution in [1.29, 1.82) is 0 Å². The third kappa shape index (κ3) is 2.04. The van der Waals surface area contributed by atoms with Crippen molar-refractivity contribution >= 4 is 0 Å². The Balaban J connectivity index is 2.99. The highest BCUT2D eigenvalue weighted by Crippen LogP contribution is 2.21. The van der Waals surface area contributed by atoms with Crippen molar-refractivity contribution in [2.75, 3.05) is 0 Å². The maximum atomic E-state index is 12.4. The van der Waals surface area contributed by atoms with Crippen LogP contribution in [-0.4, -0.2) is 0 Å². The van der Waals surface area contributed by atoms with Gasteiger partial charge < -0.3 is 0 Å². The summed E-state index contributed by atoms with van der Waals surface area (Å²) in [6.45, 7) is 6.24. The number of rotatable bonds is 0. The Morgan fingerprint density at radius 2 is 1.91 bits per heavy atom. The molecule has 59 valence electrons. The van der Waals surface area contributed by atoms with Gasteiger partial charge in [0.15, 0.2) is 0 Å². The number of benzene rings is 1. The van der Waals surface area contributed by atoms with E-state index in [1.165, 1.54) is 12.1 Å². The van der Waals surface area contributed by atoms with Gasteiger partial charge in [-0.3, -0.25) is 0 Å². The molecule has 11 heavy (non-hydrogen) atoms. The van der Waals surface area contributed by atoms with Gasteiger partial charge in [0.2, 0.25) is 0 Å². The number of hydrogen-bond donors (Lipinski definition) is 0. The van der Waals surface area contributed by atoms with Crippen LogP contribution >= 0.6 is 0 Å². The third-order valence-corrected chi connectivity index (χ3v) is 1.58. The van der Waals surface area contributed by atoms with Gasteiger partial charge in [-0.1, -0.05) is 26.8 Å². The van der Waals surface area contributed by atoms with Crippen molar-refractivity contribution < 1.29 is 4.39 Å². The molecule has 0 fully saturated rings. The van der Waals surface area contributed by atoms with Crippen molar-refractivity contribution in [2.24, 2.45) is 0 Å². The van der Waals surface area contributed by atoms with Crippen molar-refractivity contribution in [1.82, 2.24) is 0 Å². The van der Waals surface area contributed by atoms with Crippen molar-refractivity contribution in [2.45, 2.75) is 26.2 Å². The van der Waals surface area contributed by atoms with E-state index in [2.05, 4.69) is 26.8 Å². The molecule has 0 aliphatic carbocycles. The summed E-state index contributed by atoms with van der Waals surface area (Å²) in [5.41, 5.74) is 1.10. The van der Waals surface area contributed by atoms with E-state index in [1.54, 1.807) is 6.07 Å². The summed E-state index contributed by atoms with van der Waals surface area (Å²) in [5, 5.41) is 0. The highest BCUT2D eigenvalue weighted by molar-refractivity contribution is 5.21. The summed E-state index contributed by atoms with van der Waals surface area (Å²) in [7, 11) is 0. The van der Waals surface area contributed by atoms with Gasteiger partial charge in [0.25, 0.3) is 0 Å². The van der Waals surface area contributed by atoms with E-state index in [-0.39, 0.29) is 11.2 Å². The molecule has 0 aliphatic rings. The first-order chi connectivity index (χ1) is 5.00. The largest absolute Gasteiger partial charge is 0.207 e. The molecule has 0 aliphatic heterocycles. The molecule has 1 heteroatoms. The zero-order chi connectivity index (χ0) is 8.48. The van der Waals surface area contributed by atoms with Crippen LogP contribution in [0.5, 0.6) is 0 Å². The highest BCUT2D eigenvalue weighted by atomic mass is 19.1. The van der Waals surface area contributed by atoms with Crippen LogP contribution in [0.1, 0.15) is 26.3 Å². The summed E-state index contributed by atoms with van der Waals surface area (Å²) in [4.78, 5) is 0. The quantitative estimate of drug-likeness (QED) is 0.534. The molecule has 0 atom stereocenters. The normalized spacial score (nSPS) is 11.6. The predicted molar refractivity (Wildman–Crippen MR) is 43.9 cm³/mol. The Hall–Kier alpha value is -0.850. The molecule has 1 aromatic carbocycles. The molecular formula is C10H12F. The van der Waals surface area contributed by atoms with E-state index in [1.807, 2.05) is 0 Å². The van der Waals surface area contributed by atoms with Gasteiger partial charge >= 0.3 is 0 Å². The van der Waals surface area contributed by atoms with Crippen molar-refractivity contribution in [3.8, 4) is 0 Å². The average molecular weight is 151 g/mol. The summed E-state index contributed by atoms with van der Waals surface area (Å²) in [6.07, 6.45) is 0. The molecule has 0 saturated carbocycles. The monoisotopic (exact) mass is 151 g/mol. The van der Waals surface area contributed by atoms with Crippen molar-refractivity contribution in [3.63, 3.8) is 0 Å². The lowest BCUT2D eigenvalue weighted by atomic mass is 9.87. The van der Waals surface area contributed by atoms with Gasteiger partial charge in [0.1, 0.15) is 5.82 Å². The SMILES string of the molecule is CC(C)(C)c1[c]cc(F)cc1. The van der Waals surface area contributed by atoms with E-state index < -0.39 is 0 Å². The number of halogens is 1. The Kier molecular flexibility index (Phi) is 1.99. The minimum absolute atomic E-state index is 0.0632. The highest BCUT2D eigenvalue weighted by Gasteiger charge is 2.12. The topological polar surface area (TPSA) is 0 Å². The van der Waals surface area contributed by atoms with Crippen LogP contribution in [0.4, 0.5) is 4.39 Å². The summed E-state index contributed by atoms with van der Waals surface area (Å²) in [5.74, 6) is -0.224. The second-order valence-corrected chi connectivity index (χ2v) is 3.67. The van der Waals surface area contributed by atoms with E-state index in [0.717, 1.165) is 5.56 Å². The van der Waals surface area contributed by atoms with Gasteiger partial charge in [-0.2, -0.15) is 0 Å². The Morgan fingerprint density at radius 1 is 1.27 bits per heavy atom. The summed E-state index contributed by atoms with van der Waals surface area (Å²) < 4.78 is 12.4. The van der Waals surface area contributed by atoms with Crippen LogP contribution in [0.3, 0.4) is 0 Å². The molecule has 0 heterocycles. The average Bonchev–Trinajstić information content (AvgIpc) is 1.86. The van der Waals surface area contributed by atoms with Crippen LogP contribution in [0, 0.1) is 11.9 Å². The molecule has 1 radical (unpaired) electrons. The Morgan fingerprint density at radius 3 is 2.27 bits per heavy atom. The zero-order valence-electron chi connectivity index (χ0n) is 7.11. The van der Waals surface area contributed by atoms with E-state index in [4.69, 9.17) is 0 Å². The molecule has 1 aromatic rings. The first-order valence-corrected chi connectivity index (χ1v) is 3.68. The maximum absolute atomic E-state index is 12.4. The molecule has 0 amide bonds. The van der Waals surface area contributed by atoms with Crippen LogP contribution in [-0.2, 0) is 5.41 Å². The van der Waals surface area contributed by atoms with Gasteiger partial charge in [0.05, 0.1) is 0 Å². The van der Waals surface area contributed by atoms with Crippen molar-refractivity contribution in [3.05, 3.63) is 35.6 Å². The molecule has 0 nitrogen and oxygen atoms in total. The Bertz CT molecular complexity index is 228. The zero-order valence-corrected chi connectivity index (χ0v) is 7.11. The summed E-state index contributed by atoms with van der Waals surface area (Å²) >= 11 is 0. The molecule has 1 rings (SSSR count). The first kappa shape index (κ1) is 8.25. The predicted octanol–water partition coefficient (Wildman–Crippen LogP) is 2.92. The second kappa shape index (κ2) is 2.65. The van der Waals surface area contributed by atoms with Gasteiger partial charge in [-0.25, -0.2) is 4.39 Å². The lowest BCUT2D eigenvalue weighted by Gasteiger charge is -2.17. The number of hydrogen-bond acceptors (Lipinski definition) is 0. The Labute approximate surface area is 67.1 Å². The maximum Gasteiger partial charge on any atom is 0.123 e. The van der Waals surface area contributed by atoms with E-state index in [0.29, 0.717) is 0 Å². The molecule has 0 unspecified atom stereocenters.